The number of benzene rings is 1. The van der Waals surface area contributed by atoms with Crippen molar-refractivity contribution in [2.24, 2.45) is 5.92 Å². The van der Waals surface area contributed by atoms with Crippen molar-refractivity contribution in [2.45, 2.75) is 26.4 Å². The molecule has 0 saturated carbocycles. The Bertz CT molecular complexity index is 681. The maximum absolute atomic E-state index is 13.1. The molecule has 1 atom stereocenters. The van der Waals surface area contributed by atoms with Crippen molar-refractivity contribution >= 4 is 5.69 Å². The summed E-state index contributed by atoms with van der Waals surface area (Å²) in [5, 5.41) is 12.3. The van der Waals surface area contributed by atoms with Gasteiger partial charge in [0.2, 0.25) is 0 Å². The van der Waals surface area contributed by atoms with Gasteiger partial charge in [-0.2, -0.15) is 0 Å². The molecule has 0 aliphatic carbocycles. The first-order valence-electron chi connectivity index (χ1n) is 9.09. The zero-order valence-corrected chi connectivity index (χ0v) is 15.7. The summed E-state index contributed by atoms with van der Waals surface area (Å²) in [5.74, 6) is 1.09. The lowest BCUT2D eigenvalue weighted by Gasteiger charge is -2.41. The highest BCUT2D eigenvalue weighted by molar-refractivity contribution is 5.46. The van der Waals surface area contributed by atoms with Crippen LogP contribution in [-0.4, -0.2) is 65.0 Å². The normalized spacial score (nSPS) is 17.0. The Morgan fingerprint density at radius 1 is 1.12 bits per heavy atom. The summed E-state index contributed by atoms with van der Waals surface area (Å²) in [6, 6.07) is 6.88. The van der Waals surface area contributed by atoms with E-state index in [-0.39, 0.29) is 11.9 Å². The van der Waals surface area contributed by atoms with E-state index in [0.29, 0.717) is 19.1 Å². The largest absolute Gasteiger partial charge is 0.383 e. The molecule has 26 heavy (non-hydrogen) atoms. The quantitative estimate of drug-likeness (QED) is 0.751. The van der Waals surface area contributed by atoms with Crippen LogP contribution in [0.25, 0.3) is 0 Å². The first-order chi connectivity index (χ1) is 12.6. The minimum absolute atomic E-state index is 0.164. The molecule has 8 heteroatoms. The molecule has 1 aromatic heterocycles. The lowest BCUT2D eigenvalue weighted by atomic mass is 10.0. The Morgan fingerprint density at radius 3 is 2.42 bits per heavy atom. The highest BCUT2D eigenvalue weighted by Crippen LogP contribution is 2.28. The zero-order valence-electron chi connectivity index (χ0n) is 15.7. The highest BCUT2D eigenvalue weighted by Gasteiger charge is 2.31. The molecule has 1 aromatic carbocycles. The van der Waals surface area contributed by atoms with Crippen LogP contribution in [-0.2, 0) is 11.3 Å². The van der Waals surface area contributed by atoms with Crippen molar-refractivity contribution in [3.63, 3.8) is 0 Å². The molecular weight excluding hydrogens is 335 g/mol. The van der Waals surface area contributed by atoms with Gasteiger partial charge in [0.05, 0.1) is 19.2 Å². The number of hydrogen-bond donors (Lipinski definition) is 0. The Morgan fingerprint density at radius 2 is 1.81 bits per heavy atom. The summed E-state index contributed by atoms with van der Waals surface area (Å²) in [7, 11) is 1.68. The molecular formula is C18H27FN6O. The molecule has 0 bridgehead atoms. The Kier molecular flexibility index (Phi) is 6.16. The van der Waals surface area contributed by atoms with Gasteiger partial charge in [0, 0.05) is 39.0 Å². The third kappa shape index (κ3) is 4.19. The van der Waals surface area contributed by atoms with Gasteiger partial charge in [0.1, 0.15) is 5.82 Å². The zero-order chi connectivity index (χ0) is 18.5. The van der Waals surface area contributed by atoms with Crippen molar-refractivity contribution in [3.8, 4) is 0 Å². The molecule has 2 aromatic rings. The predicted octanol–water partition coefficient (Wildman–Crippen LogP) is 1.98. The number of tetrazole rings is 1. The van der Waals surface area contributed by atoms with E-state index in [0.717, 1.165) is 37.7 Å². The van der Waals surface area contributed by atoms with E-state index in [1.165, 1.54) is 12.1 Å². The van der Waals surface area contributed by atoms with Crippen LogP contribution in [0.3, 0.4) is 0 Å². The Balaban J connectivity index is 1.69. The summed E-state index contributed by atoms with van der Waals surface area (Å²) in [6.45, 7) is 9.26. The molecule has 2 heterocycles. The van der Waals surface area contributed by atoms with Crippen LogP contribution in [0, 0.1) is 11.7 Å². The van der Waals surface area contributed by atoms with E-state index in [9.17, 15) is 4.39 Å². The molecule has 1 fully saturated rings. The van der Waals surface area contributed by atoms with Crippen molar-refractivity contribution in [1.29, 1.82) is 0 Å². The van der Waals surface area contributed by atoms with E-state index in [2.05, 4.69) is 39.2 Å². The third-order valence-corrected chi connectivity index (χ3v) is 4.86. The molecule has 0 radical (unpaired) electrons. The standard InChI is InChI=1S/C18H27FN6O/c1-14(2)17(18-20-21-22-25(18)12-13-26-3)24-10-8-23(9-11-24)16-6-4-15(19)5-7-16/h4-7,14,17H,8-13H2,1-3H3. The summed E-state index contributed by atoms with van der Waals surface area (Å²) >= 11 is 0. The second-order valence-electron chi connectivity index (χ2n) is 6.94. The number of anilines is 1. The van der Waals surface area contributed by atoms with Gasteiger partial charge in [-0.15, -0.1) is 5.10 Å². The smallest absolute Gasteiger partial charge is 0.168 e. The first kappa shape index (κ1) is 18.7. The lowest BCUT2D eigenvalue weighted by molar-refractivity contribution is 0.129. The number of nitrogens with zero attached hydrogens (tertiary/aromatic N) is 6. The van der Waals surface area contributed by atoms with E-state index in [4.69, 9.17) is 4.74 Å². The molecule has 1 unspecified atom stereocenters. The number of methoxy groups -OCH3 is 1. The second kappa shape index (κ2) is 8.55. The molecule has 7 nitrogen and oxygen atoms in total. The van der Waals surface area contributed by atoms with E-state index >= 15 is 0 Å². The predicted molar refractivity (Wildman–Crippen MR) is 97.5 cm³/mol. The molecule has 0 amide bonds. The van der Waals surface area contributed by atoms with Crippen molar-refractivity contribution in [1.82, 2.24) is 25.1 Å². The summed E-state index contributed by atoms with van der Waals surface area (Å²) in [6.07, 6.45) is 0. The van der Waals surface area contributed by atoms with Crippen molar-refractivity contribution in [3.05, 3.63) is 35.9 Å². The monoisotopic (exact) mass is 362 g/mol. The fourth-order valence-electron chi connectivity index (χ4n) is 3.55. The molecule has 1 aliphatic rings. The van der Waals surface area contributed by atoms with Gasteiger partial charge in [0.25, 0.3) is 0 Å². The Hall–Kier alpha value is -2.06. The van der Waals surface area contributed by atoms with Crippen LogP contribution in [0.2, 0.25) is 0 Å². The number of halogens is 1. The van der Waals surface area contributed by atoms with Gasteiger partial charge >= 0.3 is 0 Å². The van der Waals surface area contributed by atoms with Crippen LogP contribution in [0.5, 0.6) is 0 Å². The van der Waals surface area contributed by atoms with E-state index in [1.807, 2.05) is 16.8 Å². The molecule has 0 spiro atoms. The average molecular weight is 362 g/mol. The molecule has 0 N–H and O–H groups in total. The SMILES string of the molecule is COCCn1nnnc1C(C(C)C)N1CCN(c2ccc(F)cc2)CC1. The summed E-state index contributed by atoms with van der Waals surface area (Å²) in [5.41, 5.74) is 1.07. The summed E-state index contributed by atoms with van der Waals surface area (Å²) < 4.78 is 20.1. The van der Waals surface area contributed by atoms with Crippen LogP contribution >= 0.6 is 0 Å². The molecule has 3 rings (SSSR count). The number of aromatic nitrogens is 4. The maximum atomic E-state index is 13.1. The van der Waals surface area contributed by atoms with Gasteiger partial charge in [-0.05, 0) is 40.6 Å². The van der Waals surface area contributed by atoms with Crippen LogP contribution < -0.4 is 4.90 Å². The maximum Gasteiger partial charge on any atom is 0.168 e. The number of rotatable bonds is 7. The van der Waals surface area contributed by atoms with Gasteiger partial charge in [-0.25, -0.2) is 9.07 Å². The topological polar surface area (TPSA) is 59.3 Å². The Labute approximate surface area is 153 Å². The van der Waals surface area contributed by atoms with Crippen LogP contribution in [0.1, 0.15) is 25.7 Å². The van der Waals surface area contributed by atoms with Crippen LogP contribution in [0.15, 0.2) is 24.3 Å². The van der Waals surface area contributed by atoms with Crippen LogP contribution in [0.4, 0.5) is 10.1 Å². The van der Waals surface area contributed by atoms with E-state index < -0.39 is 0 Å². The van der Waals surface area contributed by atoms with Crippen molar-refractivity contribution in [2.75, 3.05) is 44.8 Å². The lowest BCUT2D eigenvalue weighted by Crippen LogP contribution is -2.49. The minimum Gasteiger partial charge on any atom is -0.383 e. The van der Waals surface area contributed by atoms with E-state index in [1.54, 1.807) is 7.11 Å². The molecule has 1 aliphatic heterocycles. The van der Waals surface area contributed by atoms with Gasteiger partial charge in [-0.1, -0.05) is 13.8 Å². The van der Waals surface area contributed by atoms with Gasteiger partial charge in [-0.3, -0.25) is 4.90 Å². The van der Waals surface area contributed by atoms with Gasteiger partial charge in [0.15, 0.2) is 5.82 Å². The number of hydrogen-bond acceptors (Lipinski definition) is 6. The second-order valence-corrected chi connectivity index (χ2v) is 6.94. The van der Waals surface area contributed by atoms with Gasteiger partial charge < -0.3 is 9.64 Å². The fraction of sp³-hybridized carbons (Fsp3) is 0.611. The molecule has 1 saturated heterocycles. The summed E-state index contributed by atoms with van der Waals surface area (Å²) in [4.78, 5) is 4.74. The first-order valence-corrected chi connectivity index (χ1v) is 9.09. The van der Waals surface area contributed by atoms with Crippen molar-refractivity contribution < 1.29 is 9.13 Å². The highest BCUT2D eigenvalue weighted by atomic mass is 19.1. The third-order valence-electron chi connectivity index (χ3n) is 4.86. The molecule has 142 valence electrons. The number of piperazine rings is 1. The fourth-order valence-corrected chi connectivity index (χ4v) is 3.55. The number of ether oxygens (including phenoxy) is 1. The average Bonchev–Trinajstić information content (AvgIpc) is 3.09. The minimum atomic E-state index is -0.199.